The summed E-state index contributed by atoms with van der Waals surface area (Å²) in [5.41, 5.74) is 9.83. The number of ether oxygens (including phenoxy) is 2. The van der Waals surface area contributed by atoms with E-state index in [0.717, 1.165) is 55.6 Å². The first kappa shape index (κ1) is 112. The van der Waals surface area contributed by atoms with Crippen LogP contribution in [0.4, 0.5) is 39.5 Å². The lowest BCUT2D eigenvalue weighted by molar-refractivity contribution is -0.132. The van der Waals surface area contributed by atoms with Crippen LogP contribution in [0.15, 0.2) is 121 Å². The van der Waals surface area contributed by atoms with Crippen molar-refractivity contribution in [2.45, 2.75) is 264 Å². The standard InChI is InChI=1S/C30H49F3O8Si3.C24H35Cl2F3O4Si3.C8H8Cl2.C8H21F3O4Si3.C3H8O2.CH4/c1-24(34)18-36-20-26-8-12-28(13-9-26)22-38-42(3,4)40-44(7,17-16-30(31,32)33)41-43(5,6)39-23-29-14-10-27(11-15-29)21-37-19-25(2)35;1-34(2,30-18-22-10-6-20(16-25)7-11-22)32-36(5,15-14-24(27,28)29)33-35(3,4)31-19-23-12-8-21(17-26)9-13-23;9-5-7-1-2-8(6-10)4-3-7;1-16(2,12)14-18(5,15-17(3,4)13)7-6-8(9,10)11;1-3(5)2-4;/h8-15,24-25,34-35H,16-23H2,1-7H3;6-13H,14-19H2,1-5H3;1-4H,5-6H2;12-13H,6-7H2,1-5H3;3-5H,2H2,1H3;1H4. The van der Waals surface area contributed by atoms with Crippen molar-refractivity contribution in [1.29, 1.82) is 0 Å². The third kappa shape index (κ3) is 57.2. The number of hydrogen-bond acceptors (Lipinski definition) is 18. The molecule has 18 nitrogen and oxygen atoms in total. The second-order valence-corrected chi connectivity index (χ2v) is 62.8. The Morgan fingerprint density at radius 2 is 0.474 bits per heavy atom. The van der Waals surface area contributed by atoms with Crippen molar-refractivity contribution in [1.82, 2.24) is 0 Å². The van der Waals surface area contributed by atoms with E-state index in [1.807, 2.05) is 174 Å². The number of alkyl halides is 13. The van der Waals surface area contributed by atoms with Crippen LogP contribution in [0, 0.1) is 0 Å². The zero-order valence-electron chi connectivity index (χ0n) is 68.2. The van der Waals surface area contributed by atoms with E-state index >= 15 is 0 Å². The van der Waals surface area contributed by atoms with Gasteiger partial charge in [0.1, 0.15) is 0 Å². The van der Waals surface area contributed by atoms with Gasteiger partial charge in [0, 0.05) is 42.8 Å². The van der Waals surface area contributed by atoms with Crippen LogP contribution in [-0.2, 0) is 115 Å². The topological polar surface area (TPSA) is 232 Å². The van der Waals surface area contributed by atoms with Crippen LogP contribution < -0.4 is 0 Å². The smallest absolute Gasteiger partial charge is 0.389 e. The van der Waals surface area contributed by atoms with Crippen molar-refractivity contribution in [3.63, 3.8) is 0 Å². The van der Waals surface area contributed by atoms with Crippen molar-refractivity contribution in [2.24, 2.45) is 0 Å². The molecular formula is C74H125Cl4F9O18Si9. The summed E-state index contributed by atoms with van der Waals surface area (Å²) in [5, 5.41) is 34.7. The largest absolute Gasteiger partial charge is 0.415 e. The minimum atomic E-state index is -4.35. The summed E-state index contributed by atoms with van der Waals surface area (Å²) in [6, 6.07) is 37.7. The molecule has 0 aliphatic heterocycles. The van der Waals surface area contributed by atoms with E-state index in [1.165, 1.54) is 39.7 Å². The van der Waals surface area contributed by atoms with Gasteiger partial charge >= 0.3 is 95.6 Å². The fraction of sp³-hybridized carbons (Fsp3) is 0.595. The summed E-state index contributed by atoms with van der Waals surface area (Å²) in [5.74, 6) is 1.99. The highest BCUT2D eigenvalue weighted by Gasteiger charge is 2.50. The first-order chi connectivity index (χ1) is 51.8. The van der Waals surface area contributed by atoms with Crippen LogP contribution >= 0.6 is 46.4 Å². The fourth-order valence-electron chi connectivity index (χ4n) is 10.1. The average Bonchev–Trinajstić information content (AvgIpc) is 0.805. The maximum Gasteiger partial charge on any atom is 0.389 e. The molecule has 0 aliphatic rings. The van der Waals surface area contributed by atoms with E-state index in [2.05, 4.69) is 0 Å². The molecule has 0 amide bonds. The second kappa shape index (κ2) is 52.4. The van der Waals surface area contributed by atoms with Gasteiger partial charge in [-0.15, -0.1) is 46.4 Å². The molecule has 0 saturated carbocycles. The highest BCUT2D eigenvalue weighted by molar-refractivity contribution is 6.86. The zero-order chi connectivity index (χ0) is 86.6. The van der Waals surface area contributed by atoms with Crippen LogP contribution in [0.3, 0.4) is 0 Å². The lowest BCUT2D eigenvalue weighted by Gasteiger charge is -2.40. The Bertz CT molecular complexity index is 3190. The van der Waals surface area contributed by atoms with Gasteiger partial charge in [0.25, 0.3) is 0 Å². The number of hydrogen-bond donors (Lipinski definition) is 6. The van der Waals surface area contributed by atoms with Crippen molar-refractivity contribution in [3.8, 4) is 0 Å². The molecule has 40 heteroatoms. The predicted molar refractivity (Wildman–Crippen MR) is 455 cm³/mol. The lowest BCUT2D eigenvalue weighted by atomic mass is 10.1. The molecule has 0 heterocycles. The summed E-state index contributed by atoms with van der Waals surface area (Å²) in [4.78, 5) is 19.4. The molecule has 5 rings (SSSR count). The van der Waals surface area contributed by atoms with E-state index < -0.39 is 133 Å². The molecule has 0 fully saturated rings. The normalized spacial score (nSPS) is 14.1. The molecule has 0 aliphatic carbocycles. The molecule has 0 aromatic heterocycles. The van der Waals surface area contributed by atoms with Crippen molar-refractivity contribution < 1.29 is 121 Å². The van der Waals surface area contributed by atoms with Gasteiger partial charge in [-0.2, -0.15) is 39.5 Å². The van der Waals surface area contributed by atoms with Crippen LogP contribution in [-0.4, -0.2) is 164 Å². The molecule has 3 atom stereocenters. The van der Waals surface area contributed by atoms with Crippen molar-refractivity contribution in [3.05, 3.63) is 177 Å². The molecule has 656 valence electrons. The van der Waals surface area contributed by atoms with Crippen LogP contribution in [0.5, 0.6) is 0 Å². The predicted octanol–water partition coefficient (Wildman–Crippen LogP) is 20.6. The lowest BCUT2D eigenvalue weighted by Crippen LogP contribution is -2.56. The van der Waals surface area contributed by atoms with Crippen molar-refractivity contribution >= 4 is 123 Å². The Morgan fingerprint density at radius 3 is 0.623 bits per heavy atom. The number of aliphatic hydroxyl groups excluding tert-OH is 4. The highest BCUT2D eigenvalue weighted by atomic mass is 35.5. The van der Waals surface area contributed by atoms with E-state index in [-0.39, 0.29) is 58.6 Å². The number of halogens is 13. The van der Waals surface area contributed by atoms with Gasteiger partial charge in [-0.05, 0) is 193 Å². The average molecular weight is 1870 g/mol. The maximum atomic E-state index is 13.3. The Hall–Kier alpha value is -2.14. The van der Waals surface area contributed by atoms with Gasteiger partial charge in [0.15, 0.2) is 0 Å². The molecule has 6 N–H and O–H groups in total. The van der Waals surface area contributed by atoms with E-state index in [0.29, 0.717) is 49.9 Å². The van der Waals surface area contributed by atoms with Crippen LogP contribution in [0.2, 0.25) is 116 Å². The third-order valence-electron chi connectivity index (χ3n) is 15.0. The summed E-state index contributed by atoms with van der Waals surface area (Å²) >= 11 is 22.9. The molecule has 0 spiro atoms. The Balaban J connectivity index is 0.00000161. The summed E-state index contributed by atoms with van der Waals surface area (Å²) in [7, 11) is -27.5. The molecular weight excluding hydrogens is 1740 g/mol. The van der Waals surface area contributed by atoms with Gasteiger partial charge in [0.05, 0.1) is 77.8 Å². The first-order valence-electron chi connectivity index (χ1n) is 36.6. The third-order valence-corrected chi connectivity index (χ3v) is 45.3. The Morgan fingerprint density at radius 1 is 0.307 bits per heavy atom. The minimum Gasteiger partial charge on any atom is -0.415 e. The van der Waals surface area contributed by atoms with Gasteiger partial charge in [-0.3, -0.25) is 0 Å². The Labute approximate surface area is 700 Å². The molecule has 0 radical (unpaired) electrons. The molecule has 114 heavy (non-hydrogen) atoms. The monoisotopic (exact) mass is 1860 g/mol. The van der Waals surface area contributed by atoms with Crippen LogP contribution in [0.1, 0.15) is 103 Å². The molecule has 0 saturated heterocycles. The number of rotatable bonds is 43. The Kier molecular flexibility index (Phi) is 51.4. The zero-order valence-corrected chi connectivity index (χ0v) is 80.2. The molecule has 3 unspecified atom stereocenters. The highest BCUT2D eigenvalue weighted by Crippen LogP contribution is 2.36. The second-order valence-electron chi connectivity index (χ2n) is 30.4. The first-order valence-corrected chi connectivity index (χ1v) is 63.3. The van der Waals surface area contributed by atoms with Gasteiger partial charge in [-0.25, -0.2) is 0 Å². The van der Waals surface area contributed by atoms with Crippen LogP contribution in [0.25, 0.3) is 0 Å². The number of aliphatic hydroxyl groups is 4. The van der Waals surface area contributed by atoms with E-state index in [4.69, 9.17) is 108 Å². The molecule has 0 bridgehead atoms. The molecule has 5 aromatic rings. The van der Waals surface area contributed by atoms with E-state index in [1.54, 1.807) is 26.9 Å². The molecule has 5 aromatic carbocycles. The minimum absolute atomic E-state index is 0. The SMILES string of the molecule is C.CC(O)CO.CC(O)COCc1ccc(CO[Si](C)(C)O[Si](C)(CCC(F)(F)F)O[Si](C)(C)OCc2ccc(COCC(C)O)cc2)cc1.C[Si](C)(O)O[Si](C)(CCC(F)(F)F)O[Si](C)(C)O.C[Si](C)(OCc1ccc(CCl)cc1)O[Si](C)(CCC(F)(F)F)O[Si](C)(C)OCc1ccc(CCl)cc1.ClCc1ccc(CCl)cc1. The van der Waals surface area contributed by atoms with Gasteiger partial charge in [-0.1, -0.05) is 129 Å². The van der Waals surface area contributed by atoms with Crippen molar-refractivity contribution in [2.75, 3.05) is 19.8 Å². The van der Waals surface area contributed by atoms with Gasteiger partial charge in [0.2, 0.25) is 0 Å². The fourth-order valence-corrected chi connectivity index (χ4v) is 45.2. The quantitative estimate of drug-likeness (QED) is 0.0121. The summed E-state index contributed by atoms with van der Waals surface area (Å²) in [6.45, 7) is 32.3. The summed E-state index contributed by atoms with van der Waals surface area (Å²) in [6.07, 6.45) is -17.6. The summed E-state index contributed by atoms with van der Waals surface area (Å²) < 4.78 is 188. The van der Waals surface area contributed by atoms with Gasteiger partial charge < -0.3 is 81.9 Å². The maximum absolute atomic E-state index is 13.3. The van der Waals surface area contributed by atoms with E-state index in [9.17, 15) is 59.3 Å². The number of benzene rings is 5.